The van der Waals surface area contributed by atoms with E-state index in [4.69, 9.17) is 4.42 Å². The molecule has 1 saturated carbocycles. The topological polar surface area (TPSA) is 184 Å². The first kappa shape index (κ1) is 32.1. The number of carbonyl (C=O) groups is 3. The molecule has 0 unspecified atom stereocenters. The predicted octanol–water partition coefficient (Wildman–Crippen LogP) is 4.76. The van der Waals surface area contributed by atoms with Crippen LogP contribution in [0.4, 0.5) is 15.8 Å². The number of methoxy groups -OCH3 is 2. The van der Waals surface area contributed by atoms with Crippen LogP contribution in [0.2, 0.25) is 0 Å². The van der Waals surface area contributed by atoms with Gasteiger partial charge in [0.2, 0.25) is 10.0 Å². The lowest BCUT2D eigenvalue weighted by Gasteiger charge is -2.15. The van der Waals surface area contributed by atoms with Crippen molar-refractivity contribution >= 4 is 50.2 Å². The third-order valence-corrected chi connectivity index (χ3v) is 8.79. The molecule has 1 fully saturated rings. The van der Waals surface area contributed by atoms with Crippen LogP contribution in [0.25, 0.3) is 22.3 Å². The molecule has 13 nitrogen and oxygen atoms in total. The fourth-order valence-corrected chi connectivity index (χ4v) is 6.50. The normalized spacial score (nSPS) is 13.0. The van der Waals surface area contributed by atoms with Crippen LogP contribution in [0, 0.1) is 15.9 Å². The minimum absolute atomic E-state index is 0.0446. The molecule has 1 amide bonds. The molecule has 2 N–H and O–H groups in total. The number of carbonyl (C=O) groups excluding carboxylic acids is 3. The number of ether oxygens (including phenoxy) is 2. The number of anilines is 1. The second-order valence-electron chi connectivity index (χ2n) is 10.6. The van der Waals surface area contributed by atoms with E-state index in [1.165, 1.54) is 31.3 Å². The van der Waals surface area contributed by atoms with Crippen molar-refractivity contribution in [2.24, 2.45) is 0 Å². The molecule has 0 saturated heterocycles. The van der Waals surface area contributed by atoms with Gasteiger partial charge in [0.15, 0.2) is 5.92 Å². The summed E-state index contributed by atoms with van der Waals surface area (Å²) in [5, 5.41) is 14.8. The Morgan fingerprint density at radius 1 is 1.04 bits per heavy atom. The maximum Gasteiger partial charge on any atom is 0.324 e. The highest BCUT2D eigenvalue weighted by Gasteiger charge is 2.37. The summed E-state index contributed by atoms with van der Waals surface area (Å²) in [6, 6.07) is 11.8. The highest BCUT2D eigenvalue weighted by Crippen LogP contribution is 2.45. The minimum atomic E-state index is -4.21. The predicted molar refractivity (Wildman–Crippen MR) is 163 cm³/mol. The van der Waals surface area contributed by atoms with Gasteiger partial charge in [-0.25, -0.2) is 12.8 Å². The molecule has 5 rings (SSSR count). The molecular formula is C31H28FN3O10S. The van der Waals surface area contributed by atoms with E-state index < -0.39 is 61.5 Å². The number of fused-ring (bicyclic) bond motifs is 1. The highest BCUT2D eigenvalue weighted by molar-refractivity contribution is 7.91. The first-order valence-corrected chi connectivity index (χ1v) is 15.5. The zero-order valence-corrected chi connectivity index (χ0v) is 25.6. The number of nitro benzene ring substituents is 1. The Bertz CT molecular complexity index is 1970. The molecule has 4 aromatic rings. The largest absolute Gasteiger partial charge is 0.468 e. The number of amides is 1. The van der Waals surface area contributed by atoms with Gasteiger partial charge in [-0.15, -0.1) is 0 Å². The first-order chi connectivity index (χ1) is 21.9. The molecule has 0 spiro atoms. The van der Waals surface area contributed by atoms with Crippen LogP contribution < -0.4 is 10.0 Å². The summed E-state index contributed by atoms with van der Waals surface area (Å²) in [6.45, 7) is 0. The van der Waals surface area contributed by atoms with Crippen molar-refractivity contribution in [3.63, 3.8) is 0 Å². The van der Waals surface area contributed by atoms with E-state index >= 15 is 0 Å². The fourth-order valence-electron chi connectivity index (χ4n) is 5.28. The summed E-state index contributed by atoms with van der Waals surface area (Å²) in [4.78, 5) is 48.7. The number of hydrogen-bond donors (Lipinski definition) is 2. The maximum absolute atomic E-state index is 13.6. The summed E-state index contributed by atoms with van der Waals surface area (Å²) in [5.41, 5.74) is 0.829. The lowest BCUT2D eigenvalue weighted by atomic mass is 9.97. The van der Waals surface area contributed by atoms with Gasteiger partial charge in [-0.1, -0.05) is 0 Å². The van der Waals surface area contributed by atoms with Gasteiger partial charge >= 0.3 is 11.9 Å². The molecule has 240 valence electrons. The SMILES string of the molecule is CNC(=O)c1c(-c2ccc(F)cc2)oc2cc(CS(=O)(=O)Nc3ccc([N+](=O)[O-])c(C(C(=O)OC)C(=O)OC)c3)c(C3CC3)cc12. The Morgan fingerprint density at radius 2 is 1.70 bits per heavy atom. The number of nitrogens with one attached hydrogen (secondary N) is 2. The highest BCUT2D eigenvalue weighted by atomic mass is 32.2. The molecule has 15 heteroatoms. The number of nitro groups is 1. The zero-order valence-electron chi connectivity index (χ0n) is 24.8. The standard InChI is InChI=1S/C31H28FN3O10S/c1-33-29(36)26-23-14-21(16-4-5-16)18(12-25(23)45-28(26)17-6-8-19(32)9-7-17)15-46(41,42)34-20-10-11-24(35(39)40)22(13-20)27(30(37)43-2)31(38)44-3/h6-14,16,27,34H,4-5,15H2,1-3H3,(H,33,36). The van der Waals surface area contributed by atoms with Crippen molar-refractivity contribution in [1.82, 2.24) is 5.32 Å². The van der Waals surface area contributed by atoms with Crippen molar-refractivity contribution in [3.05, 3.63) is 92.8 Å². The van der Waals surface area contributed by atoms with Crippen LogP contribution in [0.3, 0.4) is 0 Å². The van der Waals surface area contributed by atoms with E-state index in [9.17, 15) is 37.3 Å². The monoisotopic (exact) mass is 653 g/mol. The average Bonchev–Trinajstić information content (AvgIpc) is 3.80. The molecule has 46 heavy (non-hydrogen) atoms. The third kappa shape index (κ3) is 6.40. The minimum Gasteiger partial charge on any atom is -0.468 e. The van der Waals surface area contributed by atoms with Crippen LogP contribution in [-0.2, 0) is 34.8 Å². The van der Waals surface area contributed by atoms with Crippen LogP contribution in [0.15, 0.2) is 59.0 Å². The smallest absolute Gasteiger partial charge is 0.324 e. The van der Waals surface area contributed by atoms with E-state index in [-0.39, 0.29) is 28.5 Å². The number of halogens is 1. The number of hydrogen-bond acceptors (Lipinski definition) is 10. The molecule has 1 aromatic heterocycles. The van der Waals surface area contributed by atoms with Crippen LogP contribution >= 0.6 is 0 Å². The van der Waals surface area contributed by atoms with Gasteiger partial charge < -0.3 is 19.2 Å². The van der Waals surface area contributed by atoms with Gasteiger partial charge in [-0.3, -0.25) is 29.2 Å². The quantitative estimate of drug-likeness (QED) is 0.0990. The van der Waals surface area contributed by atoms with Gasteiger partial charge in [0.1, 0.15) is 17.2 Å². The van der Waals surface area contributed by atoms with E-state index in [0.717, 1.165) is 45.3 Å². The Kier molecular flexibility index (Phi) is 8.79. The van der Waals surface area contributed by atoms with Crippen molar-refractivity contribution < 1.29 is 46.0 Å². The summed E-state index contributed by atoms with van der Waals surface area (Å²) in [5.74, 6) is -5.31. The van der Waals surface area contributed by atoms with Crippen LogP contribution in [-0.4, -0.2) is 52.5 Å². The average molecular weight is 654 g/mol. The molecule has 3 aromatic carbocycles. The zero-order chi connectivity index (χ0) is 33.3. The number of furan rings is 1. The Morgan fingerprint density at radius 3 is 2.26 bits per heavy atom. The summed E-state index contributed by atoms with van der Waals surface area (Å²) < 4.78 is 58.3. The van der Waals surface area contributed by atoms with Gasteiger partial charge in [0.05, 0.1) is 36.0 Å². The molecule has 0 atom stereocenters. The molecule has 1 aliphatic rings. The van der Waals surface area contributed by atoms with Crippen LogP contribution in [0.5, 0.6) is 0 Å². The number of sulfonamides is 1. The third-order valence-electron chi connectivity index (χ3n) is 7.56. The van der Waals surface area contributed by atoms with Crippen molar-refractivity contribution in [1.29, 1.82) is 0 Å². The number of nitrogens with zero attached hydrogens (tertiary/aromatic N) is 1. The molecule has 0 bridgehead atoms. The molecule has 1 aliphatic carbocycles. The van der Waals surface area contributed by atoms with Gasteiger partial charge in [0, 0.05) is 29.8 Å². The van der Waals surface area contributed by atoms with E-state index in [2.05, 4.69) is 19.5 Å². The van der Waals surface area contributed by atoms with Crippen molar-refractivity contribution in [2.75, 3.05) is 26.0 Å². The Balaban J connectivity index is 1.55. The summed E-state index contributed by atoms with van der Waals surface area (Å²) >= 11 is 0. The second kappa shape index (κ2) is 12.6. The molecular weight excluding hydrogens is 625 g/mol. The Labute approximate surface area is 261 Å². The number of rotatable bonds is 11. The molecule has 1 heterocycles. The second-order valence-corrected chi connectivity index (χ2v) is 12.3. The van der Waals surface area contributed by atoms with Gasteiger partial charge in [-0.05, 0) is 78.4 Å². The molecule has 0 radical (unpaired) electrons. The fraction of sp³-hybridized carbons (Fsp3) is 0.258. The van der Waals surface area contributed by atoms with Gasteiger partial charge in [0.25, 0.3) is 11.6 Å². The summed E-state index contributed by atoms with van der Waals surface area (Å²) in [7, 11) is -0.763. The lowest BCUT2D eigenvalue weighted by Crippen LogP contribution is -2.25. The summed E-state index contributed by atoms with van der Waals surface area (Å²) in [6.07, 6.45) is 1.61. The van der Waals surface area contributed by atoms with Crippen molar-refractivity contribution in [2.45, 2.75) is 30.4 Å². The van der Waals surface area contributed by atoms with E-state index in [0.29, 0.717) is 22.1 Å². The van der Waals surface area contributed by atoms with Gasteiger partial charge in [-0.2, -0.15) is 0 Å². The molecule has 0 aliphatic heterocycles. The van der Waals surface area contributed by atoms with E-state index in [1.807, 2.05) is 0 Å². The van der Waals surface area contributed by atoms with Crippen LogP contribution in [0.1, 0.15) is 51.7 Å². The van der Waals surface area contributed by atoms with E-state index in [1.54, 1.807) is 12.1 Å². The van der Waals surface area contributed by atoms with Crippen molar-refractivity contribution in [3.8, 4) is 11.3 Å². The number of benzene rings is 3. The maximum atomic E-state index is 13.6. The lowest BCUT2D eigenvalue weighted by molar-refractivity contribution is -0.385. The number of esters is 2. The Hall–Kier alpha value is -5.31. The first-order valence-electron chi connectivity index (χ1n) is 13.9.